The van der Waals surface area contributed by atoms with E-state index < -0.39 is 48.3 Å². The maximum Gasteiger partial charge on any atom is 0.220 e. The lowest BCUT2D eigenvalue weighted by molar-refractivity contribution is 0.453. The Morgan fingerprint density at radius 1 is 0.493 bits per heavy atom. The van der Waals surface area contributed by atoms with Gasteiger partial charge in [0.25, 0.3) is 0 Å². The zero-order valence-corrected chi connectivity index (χ0v) is 39.5. The van der Waals surface area contributed by atoms with E-state index in [1.165, 1.54) is 36.9 Å². The summed E-state index contributed by atoms with van der Waals surface area (Å²) in [5, 5.41) is 3.86. The van der Waals surface area contributed by atoms with Crippen LogP contribution in [-0.4, -0.2) is 48.1 Å². The van der Waals surface area contributed by atoms with Gasteiger partial charge in [0.05, 0.1) is 38.2 Å². The summed E-state index contributed by atoms with van der Waals surface area (Å²) in [7, 11) is -14.3. The molecular formula is C58H49N5OSi3. The van der Waals surface area contributed by atoms with Gasteiger partial charge in [0.15, 0.2) is 8.07 Å². The average molecular weight is 925 g/mol. The normalized spacial score (nSPS) is 18.3. The molecule has 0 radical (unpaired) electrons. The predicted molar refractivity (Wildman–Crippen MR) is 283 cm³/mol. The molecule has 67 heavy (non-hydrogen) atoms. The minimum absolute atomic E-state index is 0.0341. The molecule has 5 heterocycles. The molecule has 12 rings (SSSR count). The molecule has 0 spiro atoms. The highest BCUT2D eigenvalue weighted by molar-refractivity contribution is 7.20. The molecule has 1 aliphatic rings. The van der Waals surface area contributed by atoms with Crippen molar-refractivity contribution >= 4 is 83.2 Å². The second-order valence-corrected chi connectivity index (χ2v) is 28.1. The molecule has 0 aliphatic carbocycles. The van der Waals surface area contributed by atoms with Crippen molar-refractivity contribution in [3.8, 4) is 17.2 Å². The summed E-state index contributed by atoms with van der Waals surface area (Å²) in [6.45, 7) is -7.89. The summed E-state index contributed by atoms with van der Waals surface area (Å²) < 4.78 is 99.9. The first-order chi connectivity index (χ1) is 36.5. The van der Waals surface area contributed by atoms with Gasteiger partial charge in [-0.1, -0.05) is 170 Å². The molecule has 0 bridgehead atoms. The van der Waals surface area contributed by atoms with Gasteiger partial charge < -0.3 is 4.74 Å². The Bertz CT molecular complexity index is 3930. The fraction of sp³-hybridized carbons (Fsp3) is 0.0862. The van der Waals surface area contributed by atoms with Crippen molar-refractivity contribution in [1.29, 1.82) is 0 Å². The number of nitrogens with zero attached hydrogens (tertiary/aromatic N) is 5. The van der Waals surface area contributed by atoms with E-state index in [0.29, 0.717) is 10.4 Å². The Morgan fingerprint density at radius 2 is 1.04 bits per heavy atom. The first-order valence-corrected chi connectivity index (χ1v) is 28.8. The summed E-state index contributed by atoms with van der Waals surface area (Å²) in [5.41, 5.74) is 5.00. The van der Waals surface area contributed by atoms with Gasteiger partial charge in [0.2, 0.25) is 5.78 Å². The lowest BCUT2D eigenvalue weighted by atomic mass is 9.98. The molecule has 2 unspecified atom stereocenters. The van der Waals surface area contributed by atoms with Crippen molar-refractivity contribution in [2.45, 2.75) is 30.6 Å². The molecule has 0 saturated carbocycles. The highest BCUT2D eigenvalue weighted by Gasteiger charge is 2.64. The first-order valence-electron chi connectivity index (χ1n) is 26.8. The van der Waals surface area contributed by atoms with E-state index in [1.807, 2.05) is 78.9 Å². The molecule has 1 aliphatic heterocycles. The minimum atomic E-state index is -5.62. The highest BCUT2D eigenvalue weighted by Crippen LogP contribution is 2.56. The van der Waals surface area contributed by atoms with Crippen molar-refractivity contribution in [2.75, 3.05) is 0 Å². The summed E-state index contributed by atoms with van der Waals surface area (Å²) in [4.78, 5) is 13.8. The van der Waals surface area contributed by atoms with Crippen LogP contribution in [0.4, 0.5) is 0 Å². The van der Waals surface area contributed by atoms with Gasteiger partial charge in [-0.3, -0.25) is 18.9 Å². The first kappa shape index (κ1) is 32.3. The van der Waals surface area contributed by atoms with E-state index >= 15 is 0 Å². The van der Waals surface area contributed by atoms with Crippen LogP contribution in [0.25, 0.3) is 33.5 Å². The monoisotopic (exact) mass is 924 g/mol. The van der Waals surface area contributed by atoms with E-state index in [-0.39, 0.29) is 27.8 Å². The predicted octanol–water partition coefficient (Wildman–Crippen LogP) is 9.30. The number of rotatable bonds is 9. The number of hydrogen-bond acceptors (Lipinski definition) is 4. The van der Waals surface area contributed by atoms with Crippen LogP contribution in [0.1, 0.15) is 23.5 Å². The van der Waals surface area contributed by atoms with Crippen molar-refractivity contribution < 1.29 is 17.1 Å². The maximum absolute atomic E-state index is 10.0. The largest absolute Gasteiger partial charge is 0.457 e. The molecule has 6 nitrogen and oxygen atoms in total. The third-order valence-electron chi connectivity index (χ3n) is 14.1. The second-order valence-electron chi connectivity index (χ2n) is 17.5. The molecule has 9 heteroatoms. The van der Waals surface area contributed by atoms with Gasteiger partial charge >= 0.3 is 0 Å². The quantitative estimate of drug-likeness (QED) is 0.107. The number of fused-ring (bicyclic) bond motifs is 7. The maximum atomic E-state index is 10.0. The summed E-state index contributed by atoms with van der Waals surface area (Å²) in [6.07, 6.45) is 5.84. The van der Waals surface area contributed by atoms with Crippen LogP contribution >= 0.6 is 0 Å². The van der Waals surface area contributed by atoms with Crippen molar-refractivity contribution in [2.24, 2.45) is 0 Å². The smallest absolute Gasteiger partial charge is 0.220 e. The van der Waals surface area contributed by atoms with Gasteiger partial charge in [-0.15, -0.1) is 0 Å². The fourth-order valence-electron chi connectivity index (χ4n) is 11.2. The SMILES string of the molecule is [2H]C([2H])([2H])[Si](C)(c1ccncc1)C1([Si](c2ccncc2)(C([2H])([2H])[2H])C([2H])([2H])[2H])c2ccccc2Oc2c1cccc2[Si](c1ccccc1)(c1ccccc1)c1cccc(-n2c3ccccc3n3c4ccccc4nc23)c1. The molecule has 7 aromatic carbocycles. The van der Waals surface area contributed by atoms with Crippen LogP contribution in [0.3, 0.4) is 0 Å². The molecule has 0 N–H and O–H groups in total. The number of aromatic nitrogens is 5. The van der Waals surface area contributed by atoms with E-state index in [4.69, 9.17) is 9.72 Å². The van der Waals surface area contributed by atoms with Crippen LogP contribution in [0.2, 0.25) is 26.0 Å². The van der Waals surface area contributed by atoms with E-state index in [2.05, 4.69) is 85.7 Å². The Kier molecular flexibility index (Phi) is 7.51. The van der Waals surface area contributed by atoms with E-state index in [0.717, 1.165) is 49.1 Å². The Morgan fingerprint density at radius 3 is 1.73 bits per heavy atom. The Balaban J connectivity index is 1.29. The highest BCUT2D eigenvalue weighted by atomic mass is 28.4. The number of benzene rings is 7. The van der Waals surface area contributed by atoms with Gasteiger partial charge in [-0.05, 0) is 87.5 Å². The van der Waals surface area contributed by atoms with E-state index in [9.17, 15) is 12.3 Å². The molecule has 4 aromatic heterocycles. The standard InChI is InChI=1S/C58H49N5OSi3/c1-65(2,43-33-37-59-38-34-43)58(66(3,4)44-35-39-60-40-36-44)48-25-11-16-31-54(48)64-56-49(58)26-18-32-55(56)67(45-20-7-5-8-21-45,46-22-9-6-10-23-46)47-24-17-19-42(41-47)62-52-29-14-15-30-53(52)63-51-28-13-12-27-50(51)61-57(62)63/h5-41H,1-4H3/i1D3,2D3,3D3. The zero-order valence-electron chi connectivity index (χ0n) is 45.5. The lowest BCUT2D eigenvalue weighted by Crippen LogP contribution is -2.77. The van der Waals surface area contributed by atoms with Crippen LogP contribution in [0.15, 0.2) is 225 Å². The Labute approximate surface area is 406 Å². The molecule has 324 valence electrons. The topological polar surface area (TPSA) is 57.2 Å². The molecular weight excluding hydrogens is 867 g/mol. The summed E-state index contributed by atoms with van der Waals surface area (Å²) in [5.74, 6) is 1.14. The van der Waals surface area contributed by atoms with Crippen LogP contribution in [0, 0.1) is 0 Å². The molecule has 11 aromatic rings. The zero-order chi connectivity index (χ0) is 52.9. The van der Waals surface area contributed by atoms with Crippen LogP contribution in [0.5, 0.6) is 11.5 Å². The summed E-state index contributed by atoms with van der Waals surface area (Å²) >= 11 is 0. The lowest BCUT2D eigenvalue weighted by Gasteiger charge is -2.58. The molecule has 0 saturated heterocycles. The number of pyridine rings is 2. The molecule has 0 fully saturated rings. The Hall–Kier alpha value is -7.44. The molecule has 2 atom stereocenters. The third kappa shape index (κ3) is 5.81. The molecule has 0 amide bonds. The minimum Gasteiger partial charge on any atom is -0.457 e. The van der Waals surface area contributed by atoms with Crippen molar-refractivity contribution in [3.05, 3.63) is 236 Å². The van der Waals surface area contributed by atoms with Gasteiger partial charge in [-0.25, -0.2) is 4.98 Å². The van der Waals surface area contributed by atoms with Gasteiger partial charge in [-0.2, -0.15) is 0 Å². The van der Waals surface area contributed by atoms with Crippen LogP contribution in [-0.2, 0) is 4.66 Å². The number of para-hydroxylation sites is 6. The van der Waals surface area contributed by atoms with E-state index in [1.54, 1.807) is 49.0 Å². The number of hydrogen-bond donors (Lipinski definition) is 0. The number of ether oxygens (including phenoxy) is 1. The second kappa shape index (κ2) is 15.6. The average Bonchev–Trinajstić information content (AvgIpc) is 3.43. The number of imidazole rings is 2. The van der Waals surface area contributed by atoms with Gasteiger partial charge in [0, 0.05) is 58.6 Å². The van der Waals surface area contributed by atoms with Crippen molar-refractivity contribution in [1.82, 2.24) is 23.9 Å². The third-order valence-corrected chi connectivity index (χ3v) is 27.9. The summed E-state index contributed by atoms with van der Waals surface area (Å²) in [6, 6.07) is 63.9. The van der Waals surface area contributed by atoms with Crippen molar-refractivity contribution in [3.63, 3.8) is 0 Å². The van der Waals surface area contributed by atoms with Gasteiger partial charge in [0.1, 0.15) is 11.5 Å². The fourth-order valence-corrected chi connectivity index (χ4v) is 25.0. The van der Waals surface area contributed by atoms with Crippen LogP contribution < -0.4 is 35.9 Å².